The van der Waals surface area contributed by atoms with Crippen LogP contribution in [-0.4, -0.2) is 24.8 Å². The van der Waals surface area contributed by atoms with Crippen LogP contribution >= 0.6 is 0 Å². The van der Waals surface area contributed by atoms with Crippen molar-refractivity contribution < 1.29 is 19.4 Å². The summed E-state index contributed by atoms with van der Waals surface area (Å²) in [6.45, 7) is 1.93. The molecule has 0 amide bonds. The minimum absolute atomic E-state index is 0.115. The lowest BCUT2D eigenvalue weighted by molar-refractivity contribution is 0.0522. The Kier molecular flexibility index (Phi) is 4.12. The maximum atomic E-state index is 11.5. The van der Waals surface area contributed by atoms with Gasteiger partial charge in [-0.15, -0.1) is 0 Å². The molecule has 1 rings (SSSR count). The summed E-state index contributed by atoms with van der Waals surface area (Å²) in [6.07, 6.45) is 0. The smallest absolute Gasteiger partial charge is 0.341 e. The summed E-state index contributed by atoms with van der Waals surface area (Å²) in [5.74, 6) is 0.00954. The number of benzene rings is 1. The van der Waals surface area contributed by atoms with Crippen LogP contribution in [0.3, 0.4) is 0 Å². The van der Waals surface area contributed by atoms with Gasteiger partial charge in [0.25, 0.3) is 0 Å². The number of esters is 1. The molecular formula is C11H14O4. The van der Waals surface area contributed by atoms with Crippen LogP contribution < -0.4 is 4.74 Å². The van der Waals surface area contributed by atoms with E-state index in [0.29, 0.717) is 23.5 Å². The van der Waals surface area contributed by atoms with E-state index >= 15 is 0 Å². The van der Waals surface area contributed by atoms with Gasteiger partial charge in [0, 0.05) is 0 Å². The third-order valence-electron chi connectivity index (χ3n) is 1.94. The molecular weight excluding hydrogens is 196 g/mol. The molecule has 0 atom stereocenters. The Balaban J connectivity index is 3.05. The molecule has 0 saturated heterocycles. The Morgan fingerprint density at radius 2 is 2.20 bits per heavy atom. The zero-order chi connectivity index (χ0) is 11.3. The first-order valence-corrected chi connectivity index (χ1v) is 4.67. The second-order valence-electron chi connectivity index (χ2n) is 2.91. The second-order valence-corrected chi connectivity index (χ2v) is 2.91. The molecule has 4 nitrogen and oxygen atoms in total. The van der Waals surface area contributed by atoms with Crippen LogP contribution in [0.25, 0.3) is 0 Å². The monoisotopic (exact) mass is 210 g/mol. The van der Waals surface area contributed by atoms with Crippen LogP contribution in [0, 0.1) is 0 Å². The van der Waals surface area contributed by atoms with E-state index in [4.69, 9.17) is 14.6 Å². The molecule has 0 aromatic heterocycles. The Morgan fingerprint density at radius 1 is 1.47 bits per heavy atom. The van der Waals surface area contributed by atoms with Gasteiger partial charge in [0.1, 0.15) is 11.3 Å². The van der Waals surface area contributed by atoms with Crippen molar-refractivity contribution in [1.82, 2.24) is 0 Å². The lowest BCUT2D eigenvalue weighted by Crippen LogP contribution is -2.07. The highest BCUT2D eigenvalue weighted by Gasteiger charge is 2.13. The Morgan fingerprint density at radius 3 is 2.73 bits per heavy atom. The molecule has 0 heterocycles. The molecule has 1 N–H and O–H groups in total. The molecule has 4 heteroatoms. The van der Waals surface area contributed by atoms with Crippen molar-refractivity contribution in [2.24, 2.45) is 0 Å². The molecule has 0 bridgehead atoms. The van der Waals surface area contributed by atoms with Gasteiger partial charge in [0.15, 0.2) is 0 Å². The molecule has 1 aromatic carbocycles. The predicted molar refractivity (Wildman–Crippen MR) is 54.9 cm³/mol. The molecule has 15 heavy (non-hydrogen) atoms. The molecule has 0 aliphatic heterocycles. The number of hydrogen-bond acceptors (Lipinski definition) is 4. The van der Waals surface area contributed by atoms with Crippen molar-refractivity contribution in [2.45, 2.75) is 13.5 Å². The topological polar surface area (TPSA) is 55.8 Å². The van der Waals surface area contributed by atoms with Crippen LogP contribution in [-0.2, 0) is 11.3 Å². The quantitative estimate of drug-likeness (QED) is 0.762. The van der Waals surface area contributed by atoms with Crippen LogP contribution in [0.15, 0.2) is 18.2 Å². The highest BCUT2D eigenvalue weighted by Crippen LogP contribution is 2.20. The van der Waals surface area contributed by atoms with Crippen LogP contribution in [0.1, 0.15) is 22.8 Å². The van der Waals surface area contributed by atoms with Gasteiger partial charge in [-0.3, -0.25) is 0 Å². The maximum absolute atomic E-state index is 11.5. The molecule has 0 aliphatic carbocycles. The summed E-state index contributed by atoms with van der Waals surface area (Å²) in [6, 6.07) is 4.90. The highest BCUT2D eigenvalue weighted by atomic mass is 16.5. The first-order valence-electron chi connectivity index (χ1n) is 4.67. The number of rotatable bonds is 4. The number of hydrogen-bond donors (Lipinski definition) is 1. The van der Waals surface area contributed by atoms with E-state index in [1.54, 1.807) is 25.1 Å². The summed E-state index contributed by atoms with van der Waals surface area (Å²) in [5, 5.41) is 8.94. The fraction of sp³-hybridized carbons (Fsp3) is 0.364. The number of aliphatic hydroxyl groups excluding tert-OH is 1. The summed E-state index contributed by atoms with van der Waals surface area (Å²) in [4.78, 5) is 11.5. The van der Waals surface area contributed by atoms with E-state index in [2.05, 4.69) is 0 Å². The van der Waals surface area contributed by atoms with E-state index in [9.17, 15) is 4.79 Å². The van der Waals surface area contributed by atoms with Gasteiger partial charge in [-0.05, 0) is 24.6 Å². The first-order chi connectivity index (χ1) is 7.22. The van der Waals surface area contributed by atoms with Crippen molar-refractivity contribution in [2.75, 3.05) is 13.7 Å². The Hall–Kier alpha value is -1.55. The Labute approximate surface area is 88.4 Å². The fourth-order valence-electron chi connectivity index (χ4n) is 1.22. The molecule has 0 aliphatic rings. The lowest BCUT2D eigenvalue weighted by Gasteiger charge is -2.08. The van der Waals surface area contributed by atoms with Crippen LogP contribution in [0.2, 0.25) is 0 Å². The largest absolute Gasteiger partial charge is 0.496 e. The van der Waals surface area contributed by atoms with Crippen LogP contribution in [0.5, 0.6) is 5.75 Å². The molecule has 0 spiro atoms. The van der Waals surface area contributed by atoms with E-state index in [1.165, 1.54) is 7.11 Å². The van der Waals surface area contributed by atoms with Crippen LogP contribution in [0.4, 0.5) is 0 Å². The van der Waals surface area contributed by atoms with Crippen molar-refractivity contribution in [3.05, 3.63) is 29.3 Å². The van der Waals surface area contributed by atoms with Gasteiger partial charge in [-0.2, -0.15) is 0 Å². The second kappa shape index (κ2) is 5.36. The maximum Gasteiger partial charge on any atom is 0.341 e. The van der Waals surface area contributed by atoms with Gasteiger partial charge in [0.2, 0.25) is 0 Å². The highest BCUT2D eigenvalue weighted by molar-refractivity contribution is 5.92. The third kappa shape index (κ3) is 2.70. The normalized spacial score (nSPS) is 9.80. The summed E-state index contributed by atoms with van der Waals surface area (Å²) in [5.41, 5.74) is 0.991. The zero-order valence-electron chi connectivity index (χ0n) is 8.82. The standard InChI is InChI=1S/C11H14O4/c1-3-15-11(13)9-6-8(7-12)4-5-10(9)14-2/h4-6,12H,3,7H2,1-2H3. The van der Waals surface area contributed by atoms with E-state index < -0.39 is 5.97 Å². The van der Waals surface area contributed by atoms with Crippen molar-refractivity contribution >= 4 is 5.97 Å². The number of methoxy groups -OCH3 is 1. The third-order valence-corrected chi connectivity index (χ3v) is 1.94. The molecule has 82 valence electrons. The number of carbonyl (C=O) groups excluding carboxylic acids is 1. The van der Waals surface area contributed by atoms with Gasteiger partial charge >= 0.3 is 5.97 Å². The molecule has 0 saturated carbocycles. The van der Waals surface area contributed by atoms with Crippen molar-refractivity contribution in [1.29, 1.82) is 0 Å². The number of carbonyl (C=O) groups is 1. The fourth-order valence-corrected chi connectivity index (χ4v) is 1.22. The Bertz CT molecular complexity index is 346. The number of ether oxygens (including phenoxy) is 2. The van der Waals surface area contributed by atoms with Gasteiger partial charge < -0.3 is 14.6 Å². The average molecular weight is 210 g/mol. The van der Waals surface area contributed by atoms with E-state index in [-0.39, 0.29) is 6.61 Å². The first kappa shape index (κ1) is 11.5. The predicted octanol–water partition coefficient (Wildman–Crippen LogP) is 1.36. The lowest BCUT2D eigenvalue weighted by atomic mass is 10.1. The minimum Gasteiger partial charge on any atom is -0.496 e. The van der Waals surface area contributed by atoms with Crippen molar-refractivity contribution in [3.63, 3.8) is 0 Å². The number of aliphatic hydroxyl groups is 1. The SMILES string of the molecule is CCOC(=O)c1cc(CO)ccc1OC. The van der Waals surface area contributed by atoms with Gasteiger partial charge in [-0.25, -0.2) is 4.79 Å². The van der Waals surface area contributed by atoms with Gasteiger partial charge in [-0.1, -0.05) is 6.07 Å². The summed E-state index contributed by atoms with van der Waals surface area (Å²) < 4.78 is 9.90. The molecule has 0 fully saturated rings. The minimum atomic E-state index is -0.440. The molecule has 0 radical (unpaired) electrons. The van der Waals surface area contributed by atoms with Crippen molar-refractivity contribution in [3.8, 4) is 5.75 Å². The zero-order valence-corrected chi connectivity index (χ0v) is 8.82. The van der Waals surface area contributed by atoms with E-state index in [0.717, 1.165) is 0 Å². The molecule has 0 unspecified atom stereocenters. The van der Waals surface area contributed by atoms with E-state index in [1.807, 2.05) is 0 Å². The summed E-state index contributed by atoms with van der Waals surface area (Å²) >= 11 is 0. The van der Waals surface area contributed by atoms with Gasteiger partial charge in [0.05, 0.1) is 20.3 Å². The average Bonchev–Trinajstić information content (AvgIpc) is 2.28. The summed E-state index contributed by atoms with van der Waals surface area (Å²) in [7, 11) is 1.48. The molecule has 1 aromatic rings.